The molecule has 5 aliphatic rings. The van der Waals surface area contributed by atoms with E-state index in [9.17, 15) is 14.7 Å². The van der Waals surface area contributed by atoms with Gasteiger partial charge in [0.05, 0.1) is 16.2 Å². The molecule has 3 heterocycles. The van der Waals surface area contributed by atoms with Crippen molar-refractivity contribution in [1.82, 2.24) is 20.6 Å². The van der Waals surface area contributed by atoms with Crippen molar-refractivity contribution in [3.63, 3.8) is 0 Å². The predicted octanol–water partition coefficient (Wildman–Crippen LogP) is 2.87. The van der Waals surface area contributed by atoms with Gasteiger partial charge in [0, 0.05) is 45.0 Å². The molecule has 9 nitrogen and oxygen atoms in total. The topological polar surface area (TPSA) is 111 Å². The lowest BCUT2D eigenvalue weighted by Crippen LogP contribution is -2.61. The molecule has 2 aromatic heterocycles. The smallest absolute Gasteiger partial charge is 0.270 e. The van der Waals surface area contributed by atoms with Gasteiger partial charge in [-0.1, -0.05) is 17.7 Å². The molecule has 2 aromatic rings. The maximum Gasteiger partial charge on any atom is 0.270 e. The molecular weight excluding hydrogens is 504 g/mol. The number of carbonyl (C=O) groups is 2. The van der Waals surface area contributed by atoms with Crippen molar-refractivity contribution in [3.05, 3.63) is 46.7 Å². The Morgan fingerprint density at radius 2 is 1.89 bits per heavy atom. The van der Waals surface area contributed by atoms with Crippen LogP contribution in [0.4, 0.5) is 11.6 Å². The number of nitrogens with one attached hydrogen (secondary N) is 2. The molecule has 3 N–H and O–H groups in total. The van der Waals surface area contributed by atoms with Crippen LogP contribution in [-0.2, 0) is 0 Å². The SMILES string of the molecule is CNC(=O)c1cnc(N2CCN(c3cccc(C(=O)NC4C5CC6CC4CC(O)(C6)C5)n3)C(C)C2)c(Cl)c1. The normalized spacial score (nSPS) is 31.8. The molecule has 1 aliphatic heterocycles. The van der Waals surface area contributed by atoms with Crippen molar-refractivity contribution < 1.29 is 14.7 Å². The molecule has 5 fully saturated rings. The number of aliphatic hydroxyl groups is 1. The third-order valence-corrected chi connectivity index (χ3v) is 9.32. The molecule has 7 rings (SSSR count). The summed E-state index contributed by atoms with van der Waals surface area (Å²) in [7, 11) is 1.58. The van der Waals surface area contributed by atoms with Crippen molar-refractivity contribution in [2.45, 2.75) is 56.7 Å². The van der Waals surface area contributed by atoms with Crippen LogP contribution >= 0.6 is 11.6 Å². The van der Waals surface area contributed by atoms with E-state index in [1.807, 2.05) is 12.1 Å². The highest BCUT2D eigenvalue weighted by molar-refractivity contribution is 6.33. The lowest BCUT2D eigenvalue weighted by molar-refractivity contribution is -0.136. The van der Waals surface area contributed by atoms with Gasteiger partial charge >= 0.3 is 0 Å². The third-order valence-electron chi connectivity index (χ3n) is 9.04. The highest BCUT2D eigenvalue weighted by Crippen LogP contribution is 2.55. The van der Waals surface area contributed by atoms with Gasteiger partial charge in [-0.25, -0.2) is 9.97 Å². The number of nitrogens with zero attached hydrogens (tertiary/aromatic N) is 4. The molecule has 4 saturated carbocycles. The molecule has 3 unspecified atom stereocenters. The fourth-order valence-electron chi connectivity index (χ4n) is 7.57. The summed E-state index contributed by atoms with van der Waals surface area (Å²) in [6.07, 6.45) is 6.28. The number of anilines is 2. The molecule has 0 aromatic carbocycles. The molecule has 4 aliphatic carbocycles. The zero-order valence-corrected chi connectivity index (χ0v) is 22.6. The van der Waals surface area contributed by atoms with Gasteiger partial charge in [0.25, 0.3) is 11.8 Å². The average Bonchev–Trinajstić information content (AvgIpc) is 2.89. The number of amides is 2. The number of rotatable bonds is 5. The highest BCUT2D eigenvalue weighted by atomic mass is 35.5. The van der Waals surface area contributed by atoms with E-state index in [4.69, 9.17) is 16.6 Å². The quantitative estimate of drug-likeness (QED) is 0.537. The summed E-state index contributed by atoms with van der Waals surface area (Å²) >= 11 is 6.49. The Bertz CT molecular complexity index is 1240. The van der Waals surface area contributed by atoms with Gasteiger partial charge in [-0.2, -0.15) is 0 Å². The van der Waals surface area contributed by atoms with Crippen LogP contribution in [0.1, 0.15) is 59.9 Å². The van der Waals surface area contributed by atoms with Gasteiger partial charge in [-0.3, -0.25) is 9.59 Å². The molecule has 202 valence electrons. The number of halogens is 1. The van der Waals surface area contributed by atoms with Gasteiger partial charge in [0.15, 0.2) is 0 Å². The van der Waals surface area contributed by atoms with Gasteiger partial charge in [0.2, 0.25) is 0 Å². The Morgan fingerprint density at radius 3 is 2.55 bits per heavy atom. The van der Waals surface area contributed by atoms with E-state index in [-0.39, 0.29) is 23.9 Å². The van der Waals surface area contributed by atoms with E-state index in [0.717, 1.165) is 37.9 Å². The second kappa shape index (κ2) is 9.68. The van der Waals surface area contributed by atoms with Crippen LogP contribution in [0.5, 0.6) is 0 Å². The second-order valence-electron chi connectivity index (χ2n) is 11.7. The van der Waals surface area contributed by atoms with E-state index in [1.165, 1.54) is 0 Å². The Morgan fingerprint density at radius 1 is 1.13 bits per heavy atom. The minimum atomic E-state index is -0.514. The number of pyridine rings is 2. The zero-order valence-electron chi connectivity index (χ0n) is 21.9. The lowest BCUT2D eigenvalue weighted by atomic mass is 9.52. The Hall–Kier alpha value is -2.91. The Labute approximate surface area is 228 Å². The van der Waals surface area contributed by atoms with E-state index in [0.29, 0.717) is 59.5 Å². The summed E-state index contributed by atoms with van der Waals surface area (Å²) in [5, 5.41) is 17.2. The van der Waals surface area contributed by atoms with Crippen molar-refractivity contribution >= 4 is 35.1 Å². The monoisotopic (exact) mass is 538 g/mol. The molecule has 0 radical (unpaired) electrons. The van der Waals surface area contributed by atoms with Gasteiger partial charge in [0.1, 0.15) is 17.3 Å². The molecule has 1 saturated heterocycles. The zero-order chi connectivity index (χ0) is 26.6. The Kier molecular flexibility index (Phi) is 6.46. The second-order valence-corrected chi connectivity index (χ2v) is 12.1. The van der Waals surface area contributed by atoms with Gasteiger partial charge in [-0.15, -0.1) is 0 Å². The van der Waals surface area contributed by atoms with E-state index in [2.05, 4.69) is 32.3 Å². The fraction of sp³-hybridized carbons (Fsp3) is 0.571. The van der Waals surface area contributed by atoms with Gasteiger partial charge < -0.3 is 25.5 Å². The Balaban J connectivity index is 1.12. The van der Waals surface area contributed by atoms with Crippen molar-refractivity contribution in [2.24, 2.45) is 17.8 Å². The van der Waals surface area contributed by atoms with Crippen LogP contribution in [0.3, 0.4) is 0 Å². The van der Waals surface area contributed by atoms with Crippen LogP contribution in [0, 0.1) is 17.8 Å². The lowest BCUT2D eigenvalue weighted by Gasteiger charge is -2.58. The minimum Gasteiger partial charge on any atom is -0.390 e. The van der Waals surface area contributed by atoms with Crippen LogP contribution in [0.25, 0.3) is 0 Å². The van der Waals surface area contributed by atoms with Gasteiger partial charge in [-0.05, 0) is 75.0 Å². The first kappa shape index (κ1) is 25.4. The summed E-state index contributed by atoms with van der Waals surface area (Å²) in [6, 6.07) is 7.50. The number of hydrogen-bond acceptors (Lipinski definition) is 7. The van der Waals surface area contributed by atoms with Crippen LogP contribution < -0.4 is 20.4 Å². The average molecular weight is 539 g/mol. The molecule has 3 atom stereocenters. The molecule has 0 spiro atoms. The first-order valence-corrected chi connectivity index (χ1v) is 14.0. The third kappa shape index (κ3) is 4.60. The fourth-order valence-corrected chi connectivity index (χ4v) is 7.86. The molecular formula is C28H35ClN6O3. The number of piperazine rings is 1. The minimum absolute atomic E-state index is 0.108. The van der Waals surface area contributed by atoms with E-state index in [1.54, 1.807) is 25.4 Å². The largest absolute Gasteiger partial charge is 0.390 e. The summed E-state index contributed by atoms with van der Waals surface area (Å²) in [5.41, 5.74) is 0.344. The van der Waals surface area contributed by atoms with Crippen molar-refractivity contribution in [3.8, 4) is 0 Å². The molecule has 2 amide bonds. The number of carbonyl (C=O) groups excluding carboxylic acids is 2. The standard InChI is InChI=1S/C28H35ClN6O3/c1-16-15-34(25-21(29)10-20(14-31-25)26(36)30-2)6-7-35(16)23-5-3-4-22(32-23)27(37)33-24-18-8-17-9-19(24)13-28(38,11-17)12-18/h3-5,10,14,16-19,24,38H,6-9,11-13,15H2,1-2H3,(H,30,36)(H,33,37). The maximum absolute atomic E-state index is 13.3. The number of aromatic nitrogens is 2. The van der Waals surface area contributed by atoms with E-state index >= 15 is 0 Å². The van der Waals surface area contributed by atoms with E-state index < -0.39 is 5.60 Å². The molecule has 38 heavy (non-hydrogen) atoms. The van der Waals surface area contributed by atoms with Crippen LogP contribution in [-0.4, -0.2) is 71.3 Å². The predicted molar refractivity (Wildman–Crippen MR) is 146 cm³/mol. The first-order valence-electron chi connectivity index (χ1n) is 13.6. The van der Waals surface area contributed by atoms with Crippen molar-refractivity contribution in [2.75, 3.05) is 36.5 Å². The van der Waals surface area contributed by atoms with Crippen LogP contribution in [0.2, 0.25) is 5.02 Å². The molecule has 4 bridgehead atoms. The summed E-state index contributed by atoms with van der Waals surface area (Å²) in [4.78, 5) is 38.7. The summed E-state index contributed by atoms with van der Waals surface area (Å²) in [6.45, 7) is 4.18. The summed E-state index contributed by atoms with van der Waals surface area (Å²) in [5.74, 6) is 2.40. The number of hydrogen-bond donors (Lipinski definition) is 3. The first-order chi connectivity index (χ1) is 18.2. The summed E-state index contributed by atoms with van der Waals surface area (Å²) < 4.78 is 0. The van der Waals surface area contributed by atoms with Crippen LogP contribution in [0.15, 0.2) is 30.5 Å². The highest BCUT2D eigenvalue weighted by Gasteiger charge is 2.55. The maximum atomic E-state index is 13.3. The van der Waals surface area contributed by atoms with Crippen molar-refractivity contribution in [1.29, 1.82) is 0 Å². The molecule has 10 heteroatoms.